The number of rotatable bonds is 3. The number of carbonyl (C=O) groups is 1. The topological polar surface area (TPSA) is 55.1 Å². The van der Waals surface area contributed by atoms with Crippen molar-refractivity contribution in [3.63, 3.8) is 0 Å². The van der Waals surface area contributed by atoms with Gasteiger partial charge < -0.3 is 11.1 Å². The van der Waals surface area contributed by atoms with E-state index in [1.165, 1.54) is 0 Å². The van der Waals surface area contributed by atoms with Crippen LogP contribution < -0.4 is 11.1 Å². The first-order valence-corrected chi connectivity index (χ1v) is 6.77. The van der Waals surface area contributed by atoms with Crippen molar-refractivity contribution in [1.29, 1.82) is 0 Å². The second kappa shape index (κ2) is 5.97. The Labute approximate surface area is 123 Å². The number of nitrogens with one attached hydrogen (secondary N) is 1. The molecular weight excluding hydrogens is 272 g/mol. The molecule has 0 aromatic heterocycles. The van der Waals surface area contributed by atoms with E-state index in [2.05, 4.69) is 5.32 Å². The van der Waals surface area contributed by atoms with E-state index in [4.69, 9.17) is 17.3 Å². The van der Waals surface area contributed by atoms with Gasteiger partial charge in [0.1, 0.15) is 0 Å². The number of benzene rings is 2. The Morgan fingerprint density at radius 2 is 2.00 bits per heavy atom. The molecule has 0 radical (unpaired) electrons. The average Bonchev–Trinajstić information content (AvgIpc) is 2.41. The van der Waals surface area contributed by atoms with E-state index < -0.39 is 0 Å². The van der Waals surface area contributed by atoms with Gasteiger partial charge in [0.05, 0.1) is 6.04 Å². The number of hydrogen-bond acceptors (Lipinski definition) is 2. The summed E-state index contributed by atoms with van der Waals surface area (Å²) in [7, 11) is 0. The summed E-state index contributed by atoms with van der Waals surface area (Å²) in [6.45, 7) is 3.83. The molecule has 20 heavy (non-hydrogen) atoms. The maximum absolute atomic E-state index is 12.2. The van der Waals surface area contributed by atoms with E-state index in [0.717, 1.165) is 11.1 Å². The zero-order valence-corrected chi connectivity index (χ0v) is 12.2. The van der Waals surface area contributed by atoms with Gasteiger partial charge >= 0.3 is 0 Å². The van der Waals surface area contributed by atoms with Gasteiger partial charge in [-0.3, -0.25) is 4.79 Å². The standard InChI is InChI=1S/C16H17ClN2O/c1-10-6-7-13(9-15(10)18)16(20)19-11(2)12-4-3-5-14(17)8-12/h3-9,11H,18H2,1-2H3,(H,19,20)/t11-/m1/s1. The van der Waals surface area contributed by atoms with Crippen LogP contribution >= 0.6 is 11.6 Å². The predicted octanol–water partition coefficient (Wildman–Crippen LogP) is 3.72. The van der Waals surface area contributed by atoms with E-state index in [9.17, 15) is 4.79 Å². The number of aryl methyl sites for hydroxylation is 1. The quantitative estimate of drug-likeness (QED) is 0.846. The Morgan fingerprint density at radius 3 is 2.65 bits per heavy atom. The van der Waals surface area contributed by atoms with Gasteiger partial charge in [-0.2, -0.15) is 0 Å². The van der Waals surface area contributed by atoms with Gasteiger partial charge in [-0.25, -0.2) is 0 Å². The average molecular weight is 289 g/mol. The molecule has 1 amide bonds. The number of halogens is 1. The molecule has 4 heteroatoms. The van der Waals surface area contributed by atoms with Gasteiger partial charge in [-0.1, -0.05) is 29.8 Å². The van der Waals surface area contributed by atoms with Crippen LogP contribution in [0.2, 0.25) is 5.02 Å². The molecule has 2 rings (SSSR count). The largest absolute Gasteiger partial charge is 0.398 e. The fraction of sp³-hybridized carbons (Fsp3) is 0.188. The van der Waals surface area contributed by atoms with Crippen LogP contribution in [0.3, 0.4) is 0 Å². The molecule has 0 unspecified atom stereocenters. The smallest absolute Gasteiger partial charge is 0.251 e. The highest BCUT2D eigenvalue weighted by molar-refractivity contribution is 6.30. The van der Waals surface area contributed by atoms with Gasteiger partial charge in [0.2, 0.25) is 0 Å². The molecule has 0 aliphatic rings. The molecule has 0 heterocycles. The van der Waals surface area contributed by atoms with Gasteiger partial charge in [0, 0.05) is 16.3 Å². The summed E-state index contributed by atoms with van der Waals surface area (Å²) in [5, 5.41) is 3.59. The molecule has 104 valence electrons. The van der Waals surface area contributed by atoms with Crippen LogP contribution in [-0.2, 0) is 0 Å². The van der Waals surface area contributed by atoms with Crippen LogP contribution in [0, 0.1) is 6.92 Å². The Balaban J connectivity index is 2.13. The van der Waals surface area contributed by atoms with Crippen LogP contribution in [0.1, 0.15) is 34.5 Å². The van der Waals surface area contributed by atoms with Crippen LogP contribution in [-0.4, -0.2) is 5.91 Å². The van der Waals surface area contributed by atoms with Crippen molar-refractivity contribution in [2.24, 2.45) is 0 Å². The number of amides is 1. The van der Waals surface area contributed by atoms with Crippen LogP contribution in [0.5, 0.6) is 0 Å². The Kier molecular flexibility index (Phi) is 4.30. The number of anilines is 1. The van der Waals surface area contributed by atoms with Crippen molar-refractivity contribution in [3.05, 3.63) is 64.2 Å². The van der Waals surface area contributed by atoms with Crippen LogP contribution in [0.4, 0.5) is 5.69 Å². The zero-order valence-electron chi connectivity index (χ0n) is 11.5. The maximum Gasteiger partial charge on any atom is 0.251 e. The summed E-state index contributed by atoms with van der Waals surface area (Å²) >= 11 is 5.95. The molecule has 0 aliphatic heterocycles. The second-order valence-corrected chi connectivity index (χ2v) is 5.26. The summed E-state index contributed by atoms with van der Waals surface area (Å²) in [6, 6.07) is 12.6. The molecule has 3 N–H and O–H groups in total. The molecule has 0 saturated carbocycles. The van der Waals surface area contributed by atoms with Crippen molar-refractivity contribution >= 4 is 23.2 Å². The first kappa shape index (κ1) is 14.4. The van der Waals surface area contributed by atoms with E-state index >= 15 is 0 Å². The first-order valence-electron chi connectivity index (χ1n) is 6.40. The minimum atomic E-state index is -0.149. The number of nitrogens with two attached hydrogens (primary N) is 1. The third-order valence-electron chi connectivity index (χ3n) is 3.24. The number of nitrogen functional groups attached to an aromatic ring is 1. The third-order valence-corrected chi connectivity index (χ3v) is 3.47. The lowest BCUT2D eigenvalue weighted by Crippen LogP contribution is -2.26. The number of carbonyl (C=O) groups excluding carboxylic acids is 1. The Morgan fingerprint density at radius 1 is 1.25 bits per heavy atom. The van der Waals surface area contributed by atoms with E-state index in [1.54, 1.807) is 18.2 Å². The fourth-order valence-electron chi connectivity index (χ4n) is 1.92. The van der Waals surface area contributed by atoms with Crippen molar-refractivity contribution in [2.45, 2.75) is 19.9 Å². The summed E-state index contributed by atoms with van der Waals surface area (Å²) < 4.78 is 0. The summed E-state index contributed by atoms with van der Waals surface area (Å²) in [6.07, 6.45) is 0. The highest BCUT2D eigenvalue weighted by Gasteiger charge is 2.12. The SMILES string of the molecule is Cc1ccc(C(=O)N[C@H](C)c2cccc(Cl)c2)cc1N. The molecule has 0 fully saturated rings. The maximum atomic E-state index is 12.2. The first-order chi connectivity index (χ1) is 9.47. The van der Waals surface area contributed by atoms with Gasteiger partial charge in [0.25, 0.3) is 5.91 Å². The molecule has 0 spiro atoms. The minimum absolute atomic E-state index is 0.122. The lowest BCUT2D eigenvalue weighted by atomic mass is 10.1. The third kappa shape index (κ3) is 3.31. The molecular formula is C16H17ClN2O. The van der Waals surface area contributed by atoms with E-state index in [0.29, 0.717) is 16.3 Å². The lowest BCUT2D eigenvalue weighted by molar-refractivity contribution is 0.0940. The van der Waals surface area contributed by atoms with Crippen molar-refractivity contribution in [1.82, 2.24) is 5.32 Å². The summed E-state index contributed by atoms with van der Waals surface area (Å²) in [5.74, 6) is -0.149. The predicted molar refractivity (Wildman–Crippen MR) is 82.9 cm³/mol. The molecule has 3 nitrogen and oxygen atoms in total. The molecule has 1 atom stereocenters. The van der Waals surface area contributed by atoms with Crippen LogP contribution in [0.25, 0.3) is 0 Å². The molecule has 0 saturated heterocycles. The highest BCUT2D eigenvalue weighted by atomic mass is 35.5. The summed E-state index contributed by atoms with van der Waals surface area (Å²) in [4.78, 5) is 12.2. The van der Waals surface area contributed by atoms with Crippen molar-refractivity contribution in [3.8, 4) is 0 Å². The fourth-order valence-corrected chi connectivity index (χ4v) is 2.12. The Hall–Kier alpha value is -2.00. The molecule has 0 aliphatic carbocycles. The summed E-state index contributed by atoms with van der Waals surface area (Å²) in [5.41, 5.74) is 8.93. The Bertz CT molecular complexity index is 640. The monoisotopic (exact) mass is 288 g/mol. The van der Waals surface area contributed by atoms with Crippen molar-refractivity contribution < 1.29 is 4.79 Å². The lowest BCUT2D eigenvalue weighted by Gasteiger charge is -2.15. The van der Waals surface area contributed by atoms with E-state index in [1.807, 2.05) is 38.1 Å². The zero-order chi connectivity index (χ0) is 14.7. The van der Waals surface area contributed by atoms with Crippen LogP contribution in [0.15, 0.2) is 42.5 Å². The van der Waals surface area contributed by atoms with E-state index in [-0.39, 0.29) is 11.9 Å². The molecule has 2 aromatic rings. The second-order valence-electron chi connectivity index (χ2n) is 4.82. The molecule has 0 bridgehead atoms. The van der Waals surface area contributed by atoms with Crippen molar-refractivity contribution in [2.75, 3.05) is 5.73 Å². The van der Waals surface area contributed by atoms with Gasteiger partial charge in [-0.15, -0.1) is 0 Å². The van der Waals surface area contributed by atoms with Gasteiger partial charge in [0.15, 0.2) is 0 Å². The molecule has 2 aromatic carbocycles. The highest BCUT2D eigenvalue weighted by Crippen LogP contribution is 2.18. The minimum Gasteiger partial charge on any atom is -0.398 e. The van der Waals surface area contributed by atoms with Gasteiger partial charge in [-0.05, 0) is 49.2 Å². The normalized spacial score (nSPS) is 11.9. The number of hydrogen-bond donors (Lipinski definition) is 2.